The number of aromatic hydroxyl groups is 1. The molecule has 2 N–H and O–H groups in total. The first-order valence-electron chi connectivity index (χ1n) is 6.02. The van der Waals surface area contributed by atoms with Gasteiger partial charge >= 0.3 is 0 Å². The Morgan fingerprint density at radius 3 is 2.80 bits per heavy atom. The quantitative estimate of drug-likeness (QED) is 0.837. The van der Waals surface area contributed by atoms with E-state index in [9.17, 15) is 9.90 Å². The average Bonchev–Trinajstić information content (AvgIpc) is 2.40. The largest absolute Gasteiger partial charge is 0.508 e. The maximum atomic E-state index is 11.9. The summed E-state index contributed by atoms with van der Waals surface area (Å²) in [4.78, 5) is 12.7. The number of carbonyl (C=O) groups excluding carboxylic acids is 1. The second-order valence-corrected chi connectivity index (χ2v) is 5.77. The molecule has 0 aromatic heterocycles. The molecule has 1 amide bonds. The van der Waals surface area contributed by atoms with E-state index in [1.165, 1.54) is 11.8 Å². The van der Waals surface area contributed by atoms with E-state index in [0.717, 1.165) is 10.5 Å². The summed E-state index contributed by atoms with van der Waals surface area (Å²) < 4.78 is 0. The minimum absolute atomic E-state index is 0.135. The number of benzene rings is 2. The molecule has 2 aromatic rings. The molecule has 0 spiro atoms. The number of carbonyl (C=O) groups is 1. The van der Waals surface area contributed by atoms with Gasteiger partial charge in [-0.3, -0.25) is 4.79 Å². The number of nitrogens with one attached hydrogen (secondary N) is 1. The van der Waals surface area contributed by atoms with Gasteiger partial charge in [-0.15, -0.1) is 11.8 Å². The molecule has 0 unspecified atom stereocenters. The van der Waals surface area contributed by atoms with Crippen molar-refractivity contribution in [1.29, 1.82) is 0 Å². The fraction of sp³-hybridized carbons (Fsp3) is 0.133. The van der Waals surface area contributed by atoms with Crippen molar-refractivity contribution in [2.24, 2.45) is 0 Å². The van der Waals surface area contributed by atoms with Crippen LogP contribution in [0, 0.1) is 6.92 Å². The maximum Gasteiger partial charge on any atom is 0.234 e. The van der Waals surface area contributed by atoms with Gasteiger partial charge in [-0.05, 0) is 42.8 Å². The number of phenols is 1. The molecule has 0 bridgehead atoms. The molecule has 2 rings (SSSR count). The van der Waals surface area contributed by atoms with Crippen molar-refractivity contribution in [1.82, 2.24) is 0 Å². The predicted octanol–water partition coefficient (Wildman–Crippen LogP) is 4.08. The van der Waals surface area contributed by atoms with Crippen LogP contribution in [0.15, 0.2) is 47.4 Å². The molecule has 0 aliphatic carbocycles. The molecule has 3 nitrogen and oxygen atoms in total. The second kappa shape index (κ2) is 6.68. The van der Waals surface area contributed by atoms with Crippen LogP contribution >= 0.6 is 23.4 Å². The summed E-state index contributed by atoms with van der Waals surface area (Å²) in [6, 6.07) is 12.3. The fourth-order valence-electron chi connectivity index (χ4n) is 1.63. The van der Waals surface area contributed by atoms with E-state index in [2.05, 4.69) is 5.32 Å². The lowest BCUT2D eigenvalue weighted by molar-refractivity contribution is -0.113. The highest BCUT2D eigenvalue weighted by Gasteiger charge is 2.07. The highest BCUT2D eigenvalue weighted by molar-refractivity contribution is 8.00. The number of phenolic OH excluding ortho intramolecular Hbond substituents is 1. The molecule has 20 heavy (non-hydrogen) atoms. The topological polar surface area (TPSA) is 49.3 Å². The third-order valence-corrected chi connectivity index (χ3v) is 3.89. The first-order valence-corrected chi connectivity index (χ1v) is 7.39. The van der Waals surface area contributed by atoms with Crippen LogP contribution in [-0.4, -0.2) is 16.8 Å². The van der Waals surface area contributed by atoms with Crippen LogP contribution < -0.4 is 5.32 Å². The minimum atomic E-state index is -0.135. The number of rotatable bonds is 4. The molecule has 0 radical (unpaired) electrons. The van der Waals surface area contributed by atoms with Crippen LogP contribution in [-0.2, 0) is 4.79 Å². The van der Waals surface area contributed by atoms with E-state index in [4.69, 9.17) is 11.6 Å². The Morgan fingerprint density at radius 1 is 1.30 bits per heavy atom. The lowest BCUT2D eigenvalue weighted by atomic mass is 10.2. The zero-order valence-electron chi connectivity index (χ0n) is 10.9. The van der Waals surface area contributed by atoms with Gasteiger partial charge in [0.1, 0.15) is 5.75 Å². The highest BCUT2D eigenvalue weighted by atomic mass is 35.5. The lowest BCUT2D eigenvalue weighted by Crippen LogP contribution is -2.14. The Labute approximate surface area is 127 Å². The van der Waals surface area contributed by atoms with Gasteiger partial charge in [-0.2, -0.15) is 0 Å². The Hall–Kier alpha value is -1.65. The molecule has 0 aliphatic heterocycles. The fourth-order valence-corrected chi connectivity index (χ4v) is 2.66. The lowest BCUT2D eigenvalue weighted by Gasteiger charge is -2.08. The normalized spacial score (nSPS) is 10.3. The van der Waals surface area contributed by atoms with E-state index in [-0.39, 0.29) is 17.4 Å². The Balaban J connectivity index is 1.92. The predicted molar refractivity (Wildman–Crippen MR) is 83.6 cm³/mol. The molecule has 0 aliphatic rings. The van der Waals surface area contributed by atoms with Crippen LogP contribution in [0.4, 0.5) is 5.69 Å². The first kappa shape index (κ1) is 14.8. The van der Waals surface area contributed by atoms with Crippen LogP contribution in [0.5, 0.6) is 5.75 Å². The third kappa shape index (κ3) is 4.18. The van der Waals surface area contributed by atoms with Crippen LogP contribution in [0.2, 0.25) is 5.02 Å². The van der Waals surface area contributed by atoms with Crippen molar-refractivity contribution in [3.63, 3.8) is 0 Å². The molecule has 0 heterocycles. The van der Waals surface area contributed by atoms with Gasteiger partial charge in [-0.1, -0.05) is 23.7 Å². The molecule has 5 heteroatoms. The summed E-state index contributed by atoms with van der Waals surface area (Å²) >= 11 is 7.41. The van der Waals surface area contributed by atoms with Crippen molar-refractivity contribution in [2.45, 2.75) is 11.8 Å². The number of amides is 1. The van der Waals surface area contributed by atoms with Crippen LogP contribution in [0.1, 0.15) is 5.56 Å². The van der Waals surface area contributed by atoms with E-state index in [1.807, 2.05) is 19.1 Å². The standard InChI is InChI=1S/C15H14ClNO2S/c1-10-5-6-14(13(16)7-10)17-15(19)9-20-12-4-2-3-11(18)8-12/h2-8,18H,9H2,1H3,(H,17,19). The van der Waals surface area contributed by atoms with Crippen LogP contribution in [0.25, 0.3) is 0 Å². The SMILES string of the molecule is Cc1ccc(NC(=O)CSc2cccc(O)c2)c(Cl)c1. The van der Waals surface area contributed by atoms with Crippen molar-refractivity contribution in [3.8, 4) is 5.75 Å². The summed E-state index contributed by atoms with van der Waals surface area (Å²) in [6.45, 7) is 1.94. The van der Waals surface area contributed by atoms with Gasteiger partial charge in [-0.25, -0.2) is 0 Å². The highest BCUT2D eigenvalue weighted by Crippen LogP contribution is 2.25. The zero-order valence-corrected chi connectivity index (χ0v) is 12.5. The zero-order chi connectivity index (χ0) is 14.5. The number of hydrogen-bond acceptors (Lipinski definition) is 3. The molecule has 0 saturated carbocycles. The van der Waals surface area contributed by atoms with Gasteiger partial charge < -0.3 is 10.4 Å². The summed E-state index contributed by atoms with van der Waals surface area (Å²) in [6.07, 6.45) is 0. The van der Waals surface area contributed by atoms with E-state index in [1.54, 1.807) is 30.3 Å². The smallest absolute Gasteiger partial charge is 0.234 e. The second-order valence-electron chi connectivity index (χ2n) is 4.32. The monoisotopic (exact) mass is 307 g/mol. The van der Waals surface area contributed by atoms with Crippen LogP contribution in [0.3, 0.4) is 0 Å². The summed E-state index contributed by atoms with van der Waals surface area (Å²) in [7, 11) is 0. The van der Waals surface area contributed by atoms with Gasteiger partial charge in [0.15, 0.2) is 0 Å². The molecule has 0 saturated heterocycles. The number of thioether (sulfide) groups is 1. The molecular formula is C15H14ClNO2S. The Morgan fingerprint density at radius 2 is 2.10 bits per heavy atom. The van der Waals surface area contributed by atoms with Crippen molar-refractivity contribution in [2.75, 3.05) is 11.1 Å². The van der Waals surface area contributed by atoms with Crippen molar-refractivity contribution < 1.29 is 9.90 Å². The van der Waals surface area contributed by atoms with Gasteiger partial charge in [0.2, 0.25) is 5.91 Å². The van der Waals surface area contributed by atoms with E-state index >= 15 is 0 Å². The third-order valence-electron chi connectivity index (χ3n) is 2.59. The average molecular weight is 308 g/mol. The number of aryl methyl sites for hydroxylation is 1. The van der Waals surface area contributed by atoms with Gasteiger partial charge in [0.25, 0.3) is 0 Å². The summed E-state index contributed by atoms with van der Waals surface area (Å²) in [5, 5.41) is 12.6. The Bertz CT molecular complexity index is 631. The Kier molecular flexibility index (Phi) is 4.93. The number of halogens is 1. The van der Waals surface area contributed by atoms with Crippen molar-refractivity contribution in [3.05, 3.63) is 53.1 Å². The maximum absolute atomic E-state index is 11.9. The molecule has 0 atom stereocenters. The summed E-state index contributed by atoms with van der Waals surface area (Å²) in [5.41, 5.74) is 1.65. The number of hydrogen-bond donors (Lipinski definition) is 2. The minimum Gasteiger partial charge on any atom is -0.508 e. The van der Waals surface area contributed by atoms with E-state index < -0.39 is 0 Å². The molecule has 104 valence electrons. The number of anilines is 1. The van der Waals surface area contributed by atoms with Gasteiger partial charge in [0.05, 0.1) is 16.5 Å². The first-order chi connectivity index (χ1) is 9.54. The van der Waals surface area contributed by atoms with E-state index in [0.29, 0.717) is 10.7 Å². The molecule has 2 aromatic carbocycles. The van der Waals surface area contributed by atoms with Gasteiger partial charge in [0, 0.05) is 4.90 Å². The molecule has 0 fully saturated rings. The van der Waals surface area contributed by atoms with Crippen molar-refractivity contribution >= 4 is 35.0 Å². The summed E-state index contributed by atoms with van der Waals surface area (Å²) in [5.74, 6) is 0.314. The molecular weight excluding hydrogens is 294 g/mol.